The zero-order valence-electron chi connectivity index (χ0n) is 11.7. The number of halogens is 2. The molecule has 1 aromatic heterocycles. The van der Waals surface area contributed by atoms with Gasteiger partial charge in [0.1, 0.15) is 0 Å². The van der Waals surface area contributed by atoms with Crippen LogP contribution in [0, 0.1) is 6.92 Å². The van der Waals surface area contributed by atoms with Gasteiger partial charge in [-0.25, -0.2) is 4.79 Å². The van der Waals surface area contributed by atoms with Crippen molar-refractivity contribution in [3.63, 3.8) is 0 Å². The van der Waals surface area contributed by atoms with Gasteiger partial charge in [-0.1, -0.05) is 33.6 Å². The van der Waals surface area contributed by atoms with Crippen LogP contribution in [-0.4, -0.2) is 11.1 Å². The lowest BCUT2D eigenvalue weighted by atomic mass is 10.0. The van der Waals surface area contributed by atoms with E-state index in [-0.39, 0.29) is 0 Å². The van der Waals surface area contributed by atoms with Crippen molar-refractivity contribution in [3.8, 4) is 0 Å². The Morgan fingerprint density at radius 2 is 2.05 bits per heavy atom. The van der Waals surface area contributed by atoms with Crippen LogP contribution in [-0.2, 0) is 6.42 Å². The molecule has 0 amide bonds. The van der Waals surface area contributed by atoms with Gasteiger partial charge in [-0.05, 0) is 53.8 Å². The molecule has 22 heavy (non-hydrogen) atoms. The van der Waals surface area contributed by atoms with E-state index in [4.69, 9.17) is 11.6 Å². The Morgan fingerprint density at radius 1 is 1.27 bits per heavy atom. The average molecular weight is 396 g/mol. The van der Waals surface area contributed by atoms with Crippen LogP contribution in [0.25, 0.3) is 10.1 Å². The Bertz CT molecular complexity index is 886. The molecule has 0 radical (unpaired) electrons. The Balaban J connectivity index is 2.11. The summed E-state index contributed by atoms with van der Waals surface area (Å²) >= 11 is 11.4. The molecule has 0 saturated heterocycles. The minimum absolute atomic E-state index is 0.313. The van der Waals surface area contributed by atoms with Gasteiger partial charge >= 0.3 is 5.97 Å². The van der Waals surface area contributed by atoms with Gasteiger partial charge in [0, 0.05) is 25.5 Å². The molecule has 2 nitrogen and oxygen atoms in total. The number of thiophene rings is 1. The van der Waals surface area contributed by atoms with Gasteiger partial charge in [0.05, 0.1) is 5.56 Å². The highest BCUT2D eigenvalue weighted by Gasteiger charge is 2.14. The SMILES string of the molecule is Cc1sc2ccc(C(=O)O)cc2c1Cc1ccc(Br)cc1Cl. The van der Waals surface area contributed by atoms with Crippen molar-refractivity contribution in [2.75, 3.05) is 0 Å². The second-order valence-corrected chi connectivity index (χ2v) is 7.64. The monoisotopic (exact) mass is 394 g/mol. The minimum atomic E-state index is -0.904. The van der Waals surface area contributed by atoms with E-state index in [0.717, 1.165) is 25.7 Å². The van der Waals surface area contributed by atoms with E-state index in [0.29, 0.717) is 17.0 Å². The number of aromatic carboxylic acids is 1. The topological polar surface area (TPSA) is 37.3 Å². The molecule has 0 spiro atoms. The summed E-state index contributed by atoms with van der Waals surface area (Å²) in [5.74, 6) is -0.904. The fourth-order valence-electron chi connectivity index (χ4n) is 2.48. The Kier molecular flexibility index (Phi) is 4.26. The zero-order valence-corrected chi connectivity index (χ0v) is 14.8. The first-order valence-corrected chi connectivity index (χ1v) is 8.63. The molecule has 2 aromatic carbocycles. The Hall–Kier alpha value is -1.36. The van der Waals surface area contributed by atoms with Crippen LogP contribution in [0.1, 0.15) is 26.4 Å². The summed E-state index contributed by atoms with van der Waals surface area (Å²) in [6.07, 6.45) is 0.695. The molecular weight excluding hydrogens is 384 g/mol. The lowest BCUT2D eigenvalue weighted by molar-refractivity contribution is 0.0697. The van der Waals surface area contributed by atoms with Crippen molar-refractivity contribution in [3.05, 3.63) is 67.5 Å². The summed E-state index contributed by atoms with van der Waals surface area (Å²) in [5, 5.41) is 10.9. The van der Waals surface area contributed by atoms with Gasteiger partial charge in [0.15, 0.2) is 0 Å². The summed E-state index contributed by atoms with van der Waals surface area (Å²) in [6.45, 7) is 2.06. The number of benzene rings is 2. The molecule has 1 N–H and O–H groups in total. The van der Waals surface area contributed by atoms with Crippen LogP contribution in [0.5, 0.6) is 0 Å². The highest BCUT2D eigenvalue weighted by Crippen LogP contribution is 2.34. The van der Waals surface area contributed by atoms with Crippen LogP contribution in [0.3, 0.4) is 0 Å². The third kappa shape index (κ3) is 2.91. The second kappa shape index (κ2) is 6.03. The largest absolute Gasteiger partial charge is 0.478 e. The van der Waals surface area contributed by atoms with Crippen molar-refractivity contribution in [2.24, 2.45) is 0 Å². The second-order valence-electron chi connectivity index (χ2n) is 5.07. The number of aryl methyl sites for hydroxylation is 1. The maximum absolute atomic E-state index is 11.2. The molecule has 3 aromatic rings. The predicted octanol–water partition coefficient (Wildman–Crippen LogP) is 5.91. The third-order valence-corrected chi connectivity index (χ3v) is 5.60. The van der Waals surface area contributed by atoms with Crippen LogP contribution in [0.4, 0.5) is 0 Å². The first-order chi connectivity index (χ1) is 10.5. The summed E-state index contributed by atoms with van der Waals surface area (Å²) in [6, 6.07) is 11.1. The fraction of sp³-hybridized carbons (Fsp3) is 0.118. The summed E-state index contributed by atoms with van der Waals surface area (Å²) in [4.78, 5) is 12.4. The lowest BCUT2D eigenvalue weighted by Crippen LogP contribution is -1.96. The molecule has 0 fully saturated rings. The molecule has 112 valence electrons. The highest BCUT2D eigenvalue weighted by atomic mass is 79.9. The maximum Gasteiger partial charge on any atom is 0.335 e. The average Bonchev–Trinajstić information content (AvgIpc) is 2.77. The van der Waals surface area contributed by atoms with Crippen molar-refractivity contribution >= 4 is 54.9 Å². The van der Waals surface area contributed by atoms with Gasteiger partial charge in [-0.2, -0.15) is 0 Å². The van der Waals surface area contributed by atoms with Crippen LogP contribution >= 0.6 is 38.9 Å². The molecule has 5 heteroatoms. The molecule has 0 saturated carbocycles. The summed E-state index contributed by atoms with van der Waals surface area (Å²) in [7, 11) is 0. The zero-order chi connectivity index (χ0) is 15.9. The molecule has 1 heterocycles. The molecular formula is C17H12BrClO2S. The van der Waals surface area contributed by atoms with Crippen molar-refractivity contribution in [1.29, 1.82) is 0 Å². The predicted molar refractivity (Wildman–Crippen MR) is 95.5 cm³/mol. The van der Waals surface area contributed by atoms with Gasteiger partial charge in [0.2, 0.25) is 0 Å². The van der Waals surface area contributed by atoms with E-state index >= 15 is 0 Å². The normalized spacial score (nSPS) is 11.0. The van der Waals surface area contributed by atoms with Gasteiger partial charge in [0.25, 0.3) is 0 Å². The quantitative estimate of drug-likeness (QED) is 0.598. The van der Waals surface area contributed by atoms with Crippen molar-refractivity contribution in [1.82, 2.24) is 0 Å². The standard InChI is InChI=1S/C17H12BrClO2S/c1-9-13(6-10-2-4-12(18)8-15(10)19)14-7-11(17(20)21)3-5-16(14)22-9/h2-5,7-8H,6H2,1H3,(H,20,21). The van der Waals surface area contributed by atoms with Crippen molar-refractivity contribution in [2.45, 2.75) is 13.3 Å². The van der Waals surface area contributed by atoms with Crippen LogP contribution < -0.4 is 0 Å². The maximum atomic E-state index is 11.2. The minimum Gasteiger partial charge on any atom is -0.478 e. The fourth-order valence-corrected chi connectivity index (χ4v) is 4.28. The highest BCUT2D eigenvalue weighted by molar-refractivity contribution is 9.10. The smallest absolute Gasteiger partial charge is 0.335 e. The van der Waals surface area contributed by atoms with Crippen molar-refractivity contribution < 1.29 is 9.90 Å². The van der Waals surface area contributed by atoms with E-state index < -0.39 is 5.97 Å². The van der Waals surface area contributed by atoms with E-state index in [1.807, 2.05) is 24.3 Å². The Morgan fingerprint density at radius 3 is 2.73 bits per heavy atom. The van der Waals surface area contributed by atoms with E-state index in [2.05, 4.69) is 22.9 Å². The molecule has 0 aliphatic heterocycles. The lowest BCUT2D eigenvalue weighted by Gasteiger charge is -2.06. The van der Waals surface area contributed by atoms with Gasteiger partial charge in [-0.15, -0.1) is 11.3 Å². The number of carboxylic acids is 1. The number of rotatable bonds is 3. The number of fused-ring (bicyclic) bond motifs is 1. The molecule has 0 atom stereocenters. The Labute approximate surface area is 145 Å². The van der Waals surface area contributed by atoms with Gasteiger partial charge in [-0.3, -0.25) is 0 Å². The number of carboxylic acid groups (broad SMARTS) is 1. The molecule has 0 aliphatic carbocycles. The molecule has 3 rings (SSSR count). The summed E-state index contributed by atoms with van der Waals surface area (Å²) in [5.41, 5.74) is 2.49. The number of hydrogen-bond donors (Lipinski definition) is 1. The van der Waals surface area contributed by atoms with Crippen LogP contribution in [0.15, 0.2) is 40.9 Å². The van der Waals surface area contributed by atoms with Gasteiger partial charge < -0.3 is 5.11 Å². The molecule has 0 bridgehead atoms. The third-order valence-electron chi connectivity index (χ3n) is 3.62. The number of carbonyl (C=O) groups is 1. The van der Waals surface area contributed by atoms with E-state index in [1.165, 1.54) is 4.88 Å². The molecule has 0 aliphatic rings. The number of hydrogen-bond acceptors (Lipinski definition) is 2. The van der Waals surface area contributed by atoms with Crippen LogP contribution in [0.2, 0.25) is 5.02 Å². The first kappa shape index (κ1) is 15.5. The molecule has 0 unspecified atom stereocenters. The summed E-state index contributed by atoms with van der Waals surface area (Å²) < 4.78 is 2.05. The van der Waals surface area contributed by atoms with E-state index in [9.17, 15) is 9.90 Å². The van der Waals surface area contributed by atoms with E-state index in [1.54, 1.807) is 23.5 Å². The first-order valence-electron chi connectivity index (χ1n) is 6.65.